The molecule has 0 saturated heterocycles. The van der Waals surface area contributed by atoms with E-state index in [0.29, 0.717) is 11.0 Å². The molecule has 3 rings (SSSR count). The number of carbonyl (C=O) groups excluding carboxylic acids is 1. The summed E-state index contributed by atoms with van der Waals surface area (Å²) in [6, 6.07) is -0.450. The molecule has 0 aromatic carbocycles. The smallest absolute Gasteiger partial charge is 0.321 e. The summed E-state index contributed by atoms with van der Waals surface area (Å²) in [5.74, 6) is 0.552. The molecule has 1 aromatic rings. The molecule has 2 aliphatic carbocycles. The Labute approximate surface area is 115 Å². The molecule has 19 heavy (non-hydrogen) atoms. The summed E-state index contributed by atoms with van der Waals surface area (Å²) in [7, 11) is 0. The first kappa shape index (κ1) is 12.8. The van der Waals surface area contributed by atoms with Gasteiger partial charge in [-0.1, -0.05) is 24.2 Å². The average Bonchev–Trinajstić information content (AvgIpc) is 3.14. The molecular formula is C12H18N4O2S. The summed E-state index contributed by atoms with van der Waals surface area (Å²) >= 11 is 1.44. The predicted octanol–water partition coefficient (Wildman–Crippen LogP) is 1.84. The summed E-state index contributed by atoms with van der Waals surface area (Å²) < 4.78 is 0. The van der Waals surface area contributed by atoms with Gasteiger partial charge in [-0.05, 0) is 25.7 Å². The molecule has 1 heterocycles. The lowest BCUT2D eigenvalue weighted by molar-refractivity contribution is 0.0955. The third kappa shape index (κ3) is 3.22. The van der Waals surface area contributed by atoms with E-state index < -0.39 is 6.10 Å². The Hall–Kier alpha value is -1.21. The number of aromatic nitrogens is 2. The highest BCUT2D eigenvalue weighted by molar-refractivity contribution is 7.15. The number of aliphatic hydroxyl groups is 1. The lowest BCUT2D eigenvalue weighted by Gasteiger charge is -2.28. The van der Waals surface area contributed by atoms with E-state index in [-0.39, 0.29) is 12.1 Å². The number of anilines is 1. The highest BCUT2D eigenvalue weighted by atomic mass is 32.1. The van der Waals surface area contributed by atoms with Crippen LogP contribution in [0, 0.1) is 0 Å². The van der Waals surface area contributed by atoms with Crippen LogP contribution in [-0.4, -0.2) is 33.5 Å². The molecule has 7 heteroatoms. The average molecular weight is 282 g/mol. The number of urea groups is 1. The minimum Gasteiger partial charge on any atom is -0.391 e. The van der Waals surface area contributed by atoms with Gasteiger partial charge < -0.3 is 10.4 Å². The number of nitrogens with zero attached hydrogens (tertiary/aromatic N) is 2. The molecule has 0 spiro atoms. The maximum atomic E-state index is 11.8. The summed E-state index contributed by atoms with van der Waals surface area (Å²) in [5.41, 5.74) is 0. The van der Waals surface area contributed by atoms with Gasteiger partial charge in [0.25, 0.3) is 0 Å². The Kier molecular flexibility index (Phi) is 3.65. The van der Waals surface area contributed by atoms with Crippen LogP contribution < -0.4 is 10.6 Å². The van der Waals surface area contributed by atoms with E-state index in [1.807, 2.05) is 0 Å². The molecule has 3 N–H and O–H groups in total. The topological polar surface area (TPSA) is 87.1 Å². The summed E-state index contributed by atoms with van der Waals surface area (Å²) in [6.45, 7) is 0. The minimum absolute atomic E-state index is 0.149. The van der Waals surface area contributed by atoms with Gasteiger partial charge in [0, 0.05) is 5.92 Å². The lowest BCUT2D eigenvalue weighted by atomic mass is 9.93. The van der Waals surface area contributed by atoms with Gasteiger partial charge in [-0.3, -0.25) is 5.32 Å². The SMILES string of the molecule is O=C(Nc1nnc(C2CC2)s1)N[C@H]1CCCC[C@H]1O. The van der Waals surface area contributed by atoms with Gasteiger partial charge in [0.1, 0.15) is 5.01 Å². The van der Waals surface area contributed by atoms with Crippen molar-refractivity contribution in [1.82, 2.24) is 15.5 Å². The van der Waals surface area contributed by atoms with Crippen molar-refractivity contribution in [3.05, 3.63) is 5.01 Å². The normalized spacial score (nSPS) is 27.0. The Bertz CT molecular complexity index is 460. The quantitative estimate of drug-likeness (QED) is 0.789. The maximum Gasteiger partial charge on any atom is 0.321 e. The van der Waals surface area contributed by atoms with Crippen molar-refractivity contribution >= 4 is 22.5 Å². The van der Waals surface area contributed by atoms with Crippen molar-refractivity contribution in [2.45, 2.75) is 56.6 Å². The van der Waals surface area contributed by atoms with E-state index >= 15 is 0 Å². The summed E-state index contributed by atoms with van der Waals surface area (Å²) in [5, 5.41) is 24.9. The minimum atomic E-state index is -0.434. The first-order valence-electron chi connectivity index (χ1n) is 6.81. The van der Waals surface area contributed by atoms with E-state index in [9.17, 15) is 9.90 Å². The standard InChI is InChI=1S/C12H18N4O2S/c17-9-4-2-1-3-8(9)13-11(18)14-12-16-15-10(19-12)7-5-6-7/h7-9,17H,1-6H2,(H2,13,14,16,18)/t8-,9+/m0/s1. The molecule has 0 aliphatic heterocycles. The molecule has 104 valence electrons. The van der Waals surface area contributed by atoms with Gasteiger partial charge in [-0.15, -0.1) is 10.2 Å². The molecule has 2 fully saturated rings. The van der Waals surface area contributed by atoms with Crippen LogP contribution in [0.1, 0.15) is 49.5 Å². The van der Waals surface area contributed by atoms with Crippen LogP contribution in [-0.2, 0) is 0 Å². The molecule has 2 aliphatic rings. The third-order valence-electron chi connectivity index (χ3n) is 3.63. The number of amides is 2. The maximum absolute atomic E-state index is 11.8. The third-order valence-corrected chi connectivity index (χ3v) is 4.63. The van der Waals surface area contributed by atoms with Crippen molar-refractivity contribution in [3.63, 3.8) is 0 Å². The summed E-state index contributed by atoms with van der Waals surface area (Å²) in [6.07, 6.45) is 5.59. The van der Waals surface area contributed by atoms with Gasteiger partial charge in [0.2, 0.25) is 5.13 Å². The molecule has 6 nitrogen and oxygen atoms in total. The van der Waals surface area contributed by atoms with E-state index in [4.69, 9.17) is 0 Å². The second kappa shape index (κ2) is 5.42. The number of nitrogens with one attached hydrogen (secondary N) is 2. The fraction of sp³-hybridized carbons (Fsp3) is 0.750. The van der Waals surface area contributed by atoms with Gasteiger partial charge in [0.05, 0.1) is 12.1 Å². The van der Waals surface area contributed by atoms with Crippen molar-refractivity contribution in [2.75, 3.05) is 5.32 Å². The Balaban J connectivity index is 1.52. The van der Waals surface area contributed by atoms with Crippen LogP contribution in [0.15, 0.2) is 0 Å². The second-order valence-electron chi connectivity index (χ2n) is 5.28. The van der Waals surface area contributed by atoms with Gasteiger partial charge in [-0.2, -0.15) is 0 Å². The van der Waals surface area contributed by atoms with Crippen LogP contribution in [0.4, 0.5) is 9.93 Å². The molecular weight excluding hydrogens is 264 g/mol. The molecule has 0 unspecified atom stereocenters. The van der Waals surface area contributed by atoms with Gasteiger partial charge in [0.15, 0.2) is 0 Å². The zero-order valence-corrected chi connectivity index (χ0v) is 11.4. The fourth-order valence-corrected chi connectivity index (χ4v) is 3.27. The molecule has 0 radical (unpaired) electrons. The van der Waals surface area contributed by atoms with Crippen molar-refractivity contribution in [3.8, 4) is 0 Å². The van der Waals surface area contributed by atoms with E-state index in [1.54, 1.807) is 0 Å². The largest absolute Gasteiger partial charge is 0.391 e. The summed E-state index contributed by atoms with van der Waals surface area (Å²) in [4.78, 5) is 11.8. The number of carbonyl (C=O) groups is 1. The van der Waals surface area contributed by atoms with Crippen molar-refractivity contribution < 1.29 is 9.90 Å². The van der Waals surface area contributed by atoms with Crippen LogP contribution in [0.25, 0.3) is 0 Å². The molecule has 2 atom stereocenters. The second-order valence-corrected chi connectivity index (χ2v) is 6.29. The highest BCUT2D eigenvalue weighted by Crippen LogP contribution is 2.42. The van der Waals surface area contributed by atoms with E-state index in [1.165, 1.54) is 24.2 Å². The molecule has 1 aromatic heterocycles. The predicted molar refractivity (Wildman–Crippen MR) is 72.3 cm³/mol. The molecule has 2 amide bonds. The molecule has 0 bridgehead atoms. The van der Waals surface area contributed by atoms with Crippen LogP contribution in [0.3, 0.4) is 0 Å². The number of aliphatic hydroxyl groups excluding tert-OH is 1. The van der Waals surface area contributed by atoms with Crippen molar-refractivity contribution in [1.29, 1.82) is 0 Å². The van der Waals surface area contributed by atoms with Crippen LogP contribution >= 0.6 is 11.3 Å². The zero-order chi connectivity index (χ0) is 13.2. The van der Waals surface area contributed by atoms with Crippen molar-refractivity contribution in [2.24, 2.45) is 0 Å². The highest BCUT2D eigenvalue weighted by Gasteiger charge is 2.28. The number of hydrogen-bond acceptors (Lipinski definition) is 5. The van der Waals surface area contributed by atoms with Gasteiger partial charge >= 0.3 is 6.03 Å². The van der Waals surface area contributed by atoms with Gasteiger partial charge in [-0.25, -0.2) is 4.79 Å². The Morgan fingerprint density at radius 1 is 1.21 bits per heavy atom. The van der Waals surface area contributed by atoms with E-state index in [0.717, 1.165) is 30.7 Å². The van der Waals surface area contributed by atoms with Crippen LogP contribution in [0.2, 0.25) is 0 Å². The fourth-order valence-electron chi connectivity index (χ4n) is 2.36. The lowest BCUT2D eigenvalue weighted by Crippen LogP contribution is -2.46. The first-order chi connectivity index (χ1) is 9.22. The zero-order valence-electron chi connectivity index (χ0n) is 10.6. The number of hydrogen-bond donors (Lipinski definition) is 3. The molecule has 2 saturated carbocycles. The number of rotatable bonds is 3. The van der Waals surface area contributed by atoms with E-state index in [2.05, 4.69) is 20.8 Å². The first-order valence-corrected chi connectivity index (χ1v) is 7.63. The van der Waals surface area contributed by atoms with Crippen LogP contribution in [0.5, 0.6) is 0 Å². The Morgan fingerprint density at radius 2 is 2.00 bits per heavy atom. The monoisotopic (exact) mass is 282 g/mol. The Morgan fingerprint density at radius 3 is 2.74 bits per heavy atom.